The predicted molar refractivity (Wildman–Crippen MR) is 99.2 cm³/mol. The summed E-state index contributed by atoms with van der Waals surface area (Å²) in [4.78, 5) is 27.7. The monoisotopic (exact) mass is 346 g/mol. The van der Waals surface area contributed by atoms with E-state index in [0.717, 1.165) is 35.4 Å². The molecular formula is C20H18N4O2. The van der Waals surface area contributed by atoms with Crippen LogP contribution >= 0.6 is 0 Å². The molecule has 2 heterocycles. The second-order valence-corrected chi connectivity index (χ2v) is 6.16. The minimum absolute atomic E-state index is 0.128. The van der Waals surface area contributed by atoms with Gasteiger partial charge in [-0.2, -0.15) is 5.10 Å². The number of nitrogens with one attached hydrogen (secondary N) is 2. The van der Waals surface area contributed by atoms with Crippen molar-refractivity contribution < 1.29 is 4.79 Å². The highest BCUT2D eigenvalue weighted by molar-refractivity contribution is 5.87. The number of amides is 1. The molecule has 3 aromatic rings. The molecule has 130 valence electrons. The fourth-order valence-corrected chi connectivity index (χ4v) is 3.10. The number of rotatable bonds is 4. The topological polar surface area (TPSA) is 79.8 Å². The maximum absolute atomic E-state index is 12.5. The highest BCUT2D eigenvalue weighted by Crippen LogP contribution is 2.23. The quantitative estimate of drug-likeness (QED) is 0.761. The van der Waals surface area contributed by atoms with Gasteiger partial charge in [0, 0.05) is 34.8 Å². The number of hydrogen-bond acceptors (Lipinski definition) is 3. The Kier molecular flexibility index (Phi) is 4.23. The first-order chi connectivity index (χ1) is 12.7. The van der Waals surface area contributed by atoms with E-state index in [0.29, 0.717) is 5.69 Å². The summed E-state index contributed by atoms with van der Waals surface area (Å²) in [5.41, 5.74) is 4.15. The Morgan fingerprint density at radius 1 is 1.15 bits per heavy atom. The van der Waals surface area contributed by atoms with Gasteiger partial charge < -0.3 is 10.3 Å². The molecule has 4 rings (SSSR count). The zero-order valence-corrected chi connectivity index (χ0v) is 14.1. The van der Waals surface area contributed by atoms with Crippen LogP contribution in [0.15, 0.2) is 65.6 Å². The lowest BCUT2D eigenvalue weighted by Gasteiger charge is -2.15. The molecule has 2 N–H and O–H groups in total. The number of nitrogens with zero attached hydrogens (tertiary/aromatic N) is 2. The molecule has 0 fully saturated rings. The molecule has 1 aliphatic rings. The molecule has 0 bridgehead atoms. The summed E-state index contributed by atoms with van der Waals surface area (Å²) in [6.45, 7) is -0.128. The number of aromatic amines is 1. The number of aromatic nitrogens is 3. The lowest BCUT2D eigenvalue weighted by molar-refractivity contribution is -0.120. The molecule has 1 aromatic carbocycles. The van der Waals surface area contributed by atoms with Crippen molar-refractivity contribution in [2.24, 2.45) is 0 Å². The van der Waals surface area contributed by atoms with Crippen LogP contribution in [0.1, 0.15) is 17.7 Å². The molecule has 0 unspecified atom stereocenters. The van der Waals surface area contributed by atoms with Gasteiger partial charge in [-0.05, 0) is 25.0 Å². The van der Waals surface area contributed by atoms with Crippen LogP contribution in [0.2, 0.25) is 0 Å². The Morgan fingerprint density at radius 2 is 2.00 bits per heavy atom. The Hall–Kier alpha value is -3.41. The number of hydrogen-bond donors (Lipinski definition) is 2. The van der Waals surface area contributed by atoms with E-state index in [1.54, 1.807) is 6.07 Å². The van der Waals surface area contributed by atoms with Crippen molar-refractivity contribution in [1.29, 1.82) is 0 Å². The molecule has 1 aliphatic carbocycles. The third-order valence-electron chi connectivity index (χ3n) is 4.37. The minimum Gasteiger partial charge on any atom is -0.364 e. The molecular weight excluding hydrogens is 328 g/mol. The third-order valence-corrected chi connectivity index (χ3v) is 4.37. The number of carbonyl (C=O) groups is 1. The normalized spacial score (nSPS) is 13.0. The minimum atomic E-state index is -0.306. The number of benzene rings is 1. The van der Waals surface area contributed by atoms with E-state index in [9.17, 15) is 9.59 Å². The van der Waals surface area contributed by atoms with Crippen molar-refractivity contribution in [1.82, 2.24) is 20.1 Å². The number of H-pyrrole nitrogens is 1. The predicted octanol–water partition coefficient (Wildman–Crippen LogP) is 2.34. The zero-order chi connectivity index (χ0) is 17.9. The van der Waals surface area contributed by atoms with Gasteiger partial charge >= 0.3 is 0 Å². The summed E-state index contributed by atoms with van der Waals surface area (Å²) in [5.74, 6) is -0.273. The van der Waals surface area contributed by atoms with Crippen molar-refractivity contribution in [3.63, 3.8) is 0 Å². The highest BCUT2D eigenvalue weighted by Gasteiger charge is 2.16. The van der Waals surface area contributed by atoms with E-state index >= 15 is 0 Å². The Labute approximate surface area is 150 Å². The molecule has 0 saturated heterocycles. The lowest BCUT2D eigenvalue weighted by Crippen LogP contribution is -2.33. The van der Waals surface area contributed by atoms with Crippen molar-refractivity contribution in [3.05, 3.63) is 82.4 Å². The molecule has 2 aromatic heterocycles. The van der Waals surface area contributed by atoms with E-state index < -0.39 is 0 Å². The smallest absolute Gasteiger partial charge is 0.267 e. The summed E-state index contributed by atoms with van der Waals surface area (Å²) >= 11 is 0. The first-order valence-corrected chi connectivity index (χ1v) is 8.51. The van der Waals surface area contributed by atoms with Gasteiger partial charge in [0.1, 0.15) is 6.54 Å². The maximum atomic E-state index is 12.5. The van der Waals surface area contributed by atoms with E-state index in [1.165, 1.54) is 10.7 Å². The van der Waals surface area contributed by atoms with Crippen molar-refractivity contribution in [2.45, 2.75) is 19.4 Å². The van der Waals surface area contributed by atoms with Crippen LogP contribution in [0.25, 0.3) is 17.0 Å². The molecule has 0 radical (unpaired) electrons. The average molecular weight is 346 g/mol. The van der Waals surface area contributed by atoms with Gasteiger partial charge in [0.2, 0.25) is 5.91 Å². The number of allylic oxidation sites excluding steroid dienone is 1. The van der Waals surface area contributed by atoms with E-state index in [1.807, 2.05) is 48.7 Å². The van der Waals surface area contributed by atoms with Crippen LogP contribution in [-0.2, 0) is 17.8 Å². The van der Waals surface area contributed by atoms with Crippen LogP contribution in [0.3, 0.4) is 0 Å². The van der Waals surface area contributed by atoms with Crippen LogP contribution in [0, 0.1) is 0 Å². The number of carbonyl (C=O) groups excluding carboxylic acids is 1. The molecule has 0 atom stereocenters. The van der Waals surface area contributed by atoms with E-state index in [2.05, 4.69) is 15.4 Å². The van der Waals surface area contributed by atoms with Crippen LogP contribution < -0.4 is 10.9 Å². The molecule has 26 heavy (non-hydrogen) atoms. The molecule has 0 spiro atoms. The first kappa shape index (κ1) is 16.1. The zero-order valence-electron chi connectivity index (χ0n) is 14.1. The van der Waals surface area contributed by atoms with E-state index in [-0.39, 0.29) is 18.0 Å². The highest BCUT2D eigenvalue weighted by atomic mass is 16.2. The standard InChI is InChI=1S/C20H18N4O2/c25-19(22-18-8-4-7-17-15(18)11-12-21-17)13-24-20(26)10-9-16(23-24)14-5-2-1-3-6-14/h1-3,5-6,8-12,21H,4,7,13H2,(H,22,25). The Bertz CT molecular complexity index is 1030. The van der Waals surface area contributed by atoms with Crippen molar-refractivity contribution in [2.75, 3.05) is 0 Å². The lowest BCUT2D eigenvalue weighted by atomic mass is 10.0. The summed E-state index contributed by atoms with van der Waals surface area (Å²) in [5, 5.41) is 7.23. The number of fused-ring (bicyclic) bond motifs is 1. The van der Waals surface area contributed by atoms with Crippen molar-refractivity contribution in [3.8, 4) is 11.3 Å². The summed E-state index contributed by atoms with van der Waals surface area (Å²) in [7, 11) is 0. The van der Waals surface area contributed by atoms with Gasteiger partial charge in [-0.1, -0.05) is 36.4 Å². The summed E-state index contributed by atoms with van der Waals surface area (Å²) < 4.78 is 1.19. The van der Waals surface area contributed by atoms with Gasteiger partial charge in [-0.25, -0.2) is 4.68 Å². The first-order valence-electron chi connectivity index (χ1n) is 8.51. The maximum Gasteiger partial charge on any atom is 0.267 e. The Morgan fingerprint density at radius 3 is 2.85 bits per heavy atom. The van der Waals surface area contributed by atoms with Gasteiger partial charge in [0.25, 0.3) is 5.56 Å². The summed E-state index contributed by atoms with van der Waals surface area (Å²) in [6, 6.07) is 14.6. The fourth-order valence-electron chi connectivity index (χ4n) is 3.10. The van der Waals surface area contributed by atoms with Crippen LogP contribution in [0.4, 0.5) is 0 Å². The molecule has 1 amide bonds. The third kappa shape index (κ3) is 3.21. The SMILES string of the molecule is O=C(Cn1nc(-c2ccccc2)ccc1=O)NC1=CCCc2[nH]ccc21. The summed E-state index contributed by atoms with van der Waals surface area (Å²) in [6.07, 6.45) is 5.67. The van der Waals surface area contributed by atoms with Gasteiger partial charge in [-0.3, -0.25) is 9.59 Å². The largest absolute Gasteiger partial charge is 0.364 e. The average Bonchev–Trinajstić information content (AvgIpc) is 3.14. The van der Waals surface area contributed by atoms with Gasteiger partial charge in [0.15, 0.2) is 0 Å². The molecule has 0 aliphatic heterocycles. The molecule has 6 nitrogen and oxygen atoms in total. The second-order valence-electron chi connectivity index (χ2n) is 6.16. The van der Waals surface area contributed by atoms with Gasteiger partial charge in [-0.15, -0.1) is 0 Å². The van der Waals surface area contributed by atoms with Crippen LogP contribution in [-0.4, -0.2) is 20.7 Å². The molecule has 6 heteroatoms. The Balaban J connectivity index is 1.53. The molecule has 0 saturated carbocycles. The van der Waals surface area contributed by atoms with Gasteiger partial charge in [0.05, 0.1) is 5.69 Å². The van der Waals surface area contributed by atoms with Crippen LogP contribution in [0.5, 0.6) is 0 Å². The fraction of sp³-hybridized carbons (Fsp3) is 0.150. The number of aryl methyl sites for hydroxylation is 1. The van der Waals surface area contributed by atoms with Crippen molar-refractivity contribution >= 4 is 11.6 Å². The second kappa shape index (κ2) is 6.84. The van der Waals surface area contributed by atoms with E-state index in [4.69, 9.17) is 0 Å².